The van der Waals surface area contributed by atoms with Crippen molar-refractivity contribution in [1.29, 1.82) is 0 Å². The molecular weight excluding hydrogens is 259 g/mol. The van der Waals surface area contributed by atoms with Crippen LogP contribution in [0.3, 0.4) is 0 Å². The molecule has 0 atom stereocenters. The number of aromatic nitrogens is 1. The van der Waals surface area contributed by atoms with Crippen LogP contribution in [-0.2, 0) is 6.18 Å². The lowest BCUT2D eigenvalue weighted by Crippen LogP contribution is -2.17. The Bertz CT molecular complexity index is 483. The number of alkyl halides is 3. The number of nitrogens with two attached hydrogens (primary N) is 1. The Kier molecular flexibility index (Phi) is 5.02. The van der Waals surface area contributed by atoms with Gasteiger partial charge in [0.1, 0.15) is 5.84 Å². The van der Waals surface area contributed by atoms with Gasteiger partial charge >= 0.3 is 6.18 Å². The quantitative estimate of drug-likeness (QED) is 0.677. The number of amidine groups is 1. The number of carbonyl (C=O) groups is 1. The standard InChI is InChI=1S/C12H14F3N3O/c1-2-3-4-10(16)18-11(19)8-7-17-6-5-9(8)12(13,14)15/h5-7H,2-4H2,1H3,(H2,16,18,19). The molecule has 0 aliphatic heterocycles. The lowest BCUT2D eigenvalue weighted by molar-refractivity contribution is -0.138. The second kappa shape index (κ2) is 6.31. The number of nitrogens with zero attached hydrogens (tertiary/aromatic N) is 2. The second-order valence-corrected chi connectivity index (χ2v) is 3.93. The fourth-order valence-electron chi connectivity index (χ4n) is 1.42. The van der Waals surface area contributed by atoms with E-state index in [1.54, 1.807) is 0 Å². The molecule has 0 fully saturated rings. The highest BCUT2D eigenvalue weighted by atomic mass is 19.4. The fourth-order valence-corrected chi connectivity index (χ4v) is 1.42. The van der Waals surface area contributed by atoms with E-state index < -0.39 is 23.2 Å². The summed E-state index contributed by atoms with van der Waals surface area (Å²) in [7, 11) is 0. The lowest BCUT2D eigenvalue weighted by Gasteiger charge is -2.09. The third-order valence-corrected chi connectivity index (χ3v) is 2.39. The minimum Gasteiger partial charge on any atom is -0.387 e. The van der Waals surface area contributed by atoms with E-state index in [0.717, 1.165) is 31.3 Å². The predicted molar refractivity (Wildman–Crippen MR) is 64.7 cm³/mol. The summed E-state index contributed by atoms with van der Waals surface area (Å²) in [5.41, 5.74) is 3.84. The molecule has 0 bridgehead atoms. The average Bonchev–Trinajstić information content (AvgIpc) is 2.35. The summed E-state index contributed by atoms with van der Waals surface area (Å²) in [6.07, 6.45) is -0.843. The molecule has 1 aromatic rings. The molecule has 2 N–H and O–H groups in total. The number of aliphatic imine (C=N–C) groups is 1. The van der Waals surface area contributed by atoms with Crippen molar-refractivity contribution in [2.24, 2.45) is 10.7 Å². The molecule has 0 saturated heterocycles. The first-order valence-corrected chi connectivity index (χ1v) is 5.74. The van der Waals surface area contributed by atoms with Crippen LogP contribution in [-0.4, -0.2) is 16.7 Å². The zero-order chi connectivity index (χ0) is 14.5. The molecule has 1 amide bonds. The Balaban J connectivity index is 3.01. The molecule has 0 aliphatic rings. The summed E-state index contributed by atoms with van der Waals surface area (Å²) in [6, 6.07) is 0.741. The van der Waals surface area contributed by atoms with Gasteiger partial charge in [-0.25, -0.2) is 0 Å². The molecule has 104 valence electrons. The summed E-state index contributed by atoms with van der Waals surface area (Å²) in [4.78, 5) is 18.7. The maximum absolute atomic E-state index is 12.7. The average molecular weight is 273 g/mol. The number of hydrogen-bond acceptors (Lipinski definition) is 2. The molecule has 7 heteroatoms. The highest BCUT2D eigenvalue weighted by Crippen LogP contribution is 2.31. The number of unbranched alkanes of at least 4 members (excludes halogenated alkanes) is 1. The summed E-state index contributed by atoms with van der Waals surface area (Å²) >= 11 is 0. The van der Waals surface area contributed by atoms with E-state index in [-0.39, 0.29) is 5.84 Å². The number of halogens is 3. The third-order valence-electron chi connectivity index (χ3n) is 2.39. The fraction of sp³-hybridized carbons (Fsp3) is 0.417. The van der Waals surface area contributed by atoms with Crippen molar-refractivity contribution in [1.82, 2.24) is 4.98 Å². The maximum Gasteiger partial charge on any atom is 0.417 e. The van der Waals surface area contributed by atoms with Crippen LogP contribution in [0.2, 0.25) is 0 Å². The Morgan fingerprint density at radius 3 is 2.74 bits per heavy atom. The van der Waals surface area contributed by atoms with Gasteiger partial charge in [0.2, 0.25) is 0 Å². The molecule has 1 heterocycles. The minimum absolute atomic E-state index is 0.0313. The third kappa shape index (κ3) is 4.35. The van der Waals surface area contributed by atoms with Crippen molar-refractivity contribution in [3.05, 3.63) is 29.6 Å². The van der Waals surface area contributed by atoms with Crippen LogP contribution in [0.25, 0.3) is 0 Å². The molecule has 0 unspecified atom stereocenters. The second-order valence-electron chi connectivity index (χ2n) is 3.93. The largest absolute Gasteiger partial charge is 0.417 e. The van der Waals surface area contributed by atoms with Gasteiger partial charge < -0.3 is 5.73 Å². The van der Waals surface area contributed by atoms with Gasteiger partial charge in [-0.05, 0) is 12.5 Å². The number of carbonyl (C=O) groups excluding carboxylic acids is 1. The van der Waals surface area contributed by atoms with Gasteiger partial charge in [-0.3, -0.25) is 9.78 Å². The minimum atomic E-state index is -4.62. The molecule has 0 aromatic carbocycles. The molecule has 0 aliphatic carbocycles. The Hall–Kier alpha value is -1.92. The van der Waals surface area contributed by atoms with Crippen LogP contribution in [0.4, 0.5) is 13.2 Å². The van der Waals surface area contributed by atoms with Crippen LogP contribution in [0.5, 0.6) is 0 Å². The molecule has 1 aromatic heterocycles. The van der Waals surface area contributed by atoms with E-state index in [9.17, 15) is 18.0 Å². The molecular formula is C12H14F3N3O. The molecule has 0 spiro atoms. The van der Waals surface area contributed by atoms with Gasteiger partial charge in [0.05, 0.1) is 11.1 Å². The van der Waals surface area contributed by atoms with Crippen LogP contribution >= 0.6 is 0 Å². The lowest BCUT2D eigenvalue weighted by atomic mass is 10.1. The van der Waals surface area contributed by atoms with E-state index in [2.05, 4.69) is 9.98 Å². The van der Waals surface area contributed by atoms with Crippen molar-refractivity contribution in [2.75, 3.05) is 0 Å². The van der Waals surface area contributed by atoms with Crippen molar-refractivity contribution in [3.63, 3.8) is 0 Å². The van der Waals surface area contributed by atoms with E-state index in [0.29, 0.717) is 6.42 Å². The Labute approximate surface area is 108 Å². The van der Waals surface area contributed by atoms with E-state index in [4.69, 9.17) is 5.73 Å². The maximum atomic E-state index is 12.7. The smallest absolute Gasteiger partial charge is 0.387 e. The van der Waals surface area contributed by atoms with Gasteiger partial charge in [0.25, 0.3) is 5.91 Å². The van der Waals surface area contributed by atoms with Gasteiger partial charge in [-0.1, -0.05) is 13.3 Å². The van der Waals surface area contributed by atoms with E-state index >= 15 is 0 Å². The zero-order valence-electron chi connectivity index (χ0n) is 10.4. The first kappa shape index (κ1) is 15.1. The monoisotopic (exact) mass is 273 g/mol. The van der Waals surface area contributed by atoms with Crippen molar-refractivity contribution < 1.29 is 18.0 Å². The number of hydrogen-bond donors (Lipinski definition) is 1. The van der Waals surface area contributed by atoms with Crippen molar-refractivity contribution in [3.8, 4) is 0 Å². The van der Waals surface area contributed by atoms with Crippen LogP contribution < -0.4 is 5.73 Å². The summed E-state index contributed by atoms with van der Waals surface area (Å²) in [5, 5.41) is 0. The summed E-state index contributed by atoms with van der Waals surface area (Å²) in [6.45, 7) is 1.93. The Morgan fingerprint density at radius 2 is 2.16 bits per heavy atom. The molecule has 0 radical (unpaired) electrons. The van der Waals surface area contributed by atoms with Crippen molar-refractivity contribution in [2.45, 2.75) is 32.4 Å². The zero-order valence-corrected chi connectivity index (χ0v) is 10.4. The predicted octanol–water partition coefficient (Wildman–Crippen LogP) is 2.79. The van der Waals surface area contributed by atoms with Crippen LogP contribution in [0.1, 0.15) is 42.1 Å². The van der Waals surface area contributed by atoms with Gasteiger partial charge in [-0.2, -0.15) is 18.2 Å². The molecule has 1 rings (SSSR count). The normalized spacial score (nSPS) is 12.5. The molecule has 19 heavy (non-hydrogen) atoms. The Morgan fingerprint density at radius 1 is 1.47 bits per heavy atom. The summed E-state index contributed by atoms with van der Waals surface area (Å²) < 4.78 is 38.1. The van der Waals surface area contributed by atoms with Crippen LogP contribution in [0.15, 0.2) is 23.5 Å². The highest BCUT2D eigenvalue weighted by Gasteiger charge is 2.35. The van der Waals surface area contributed by atoms with Gasteiger partial charge in [0, 0.05) is 18.8 Å². The van der Waals surface area contributed by atoms with Crippen LogP contribution in [0, 0.1) is 0 Å². The van der Waals surface area contributed by atoms with Gasteiger partial charge in [-0.15, -0.1) is 0 Å². The first-order valence-electron chi connectivity index (χ1n) is 5.74. The van der Waals surface area contributed by atoms with E-state index in [1.807, 2.05) is 6.92 Å². The molecule has 4 nitrogen and oxygen atoms in total. The van der Waals surface area contributed by atoms with Crippen molar-refractivity contribution >= 4 is 11.7 Å². The molecule has 0 saturated carbocycles. The first-order chi connectivity index (χ1) is 8.86. The SMILES string of the molecule is CCCCC(N)=NC(=O)c1cnccc1C(F)(F)F. The van der Waals surface area contributed by atoms with E-state index in [1.165, 1.54) is 0 Å². The summed E-state index contributed by atoms with van der Waals surface area (Å²) in [5.74, 6) is -0.988. The number of rotatable bonds is 4. The topological polar surface area (TPSA) is 68.3 Å². The van der Waals surface area contributed by atoms with Gasteiger partial charge in [0.15, 0.2) is 0 Å². The highest BCUT2D eigenvalue weighted by molar-refractivity contribution is 6.03. The number of pyridine rings is 1. The number of amides is 1.